The molecule has 122 valence electrons. The van der Waals surface area contributed by atoms with Gasteiger partial charge in [0, 0.05) is 38.0 Å². The summed E-state index contributed by atoms with van der Waals surface area (Å²) in [4.78, 5) is 11.9. The topological polar surface area (TPSA) is 79.8 Å². The average molecular weight is 308 g/mol. The third-order valence-electron chi connectivity index (χ3n) is 3.92. The van der Waals surface area contributed by atoms with Crippen LogP contribution in [0.2, 0.25) is 0 Å². The first kappa shape index (κ1) is 16.6. The molecule has 0 radical (unpaired) electrons. The number of aliphatic hydroxyl groups excluding tert-OH is 1. The summed E-state index contributed by atoms with van der Waals surface area (Å²) >= 11 is 0. The van der Waals surface area contributed by atoms with E-state index in [-0.39, 0.29) is 17.9 Å². The molecule has 0 spiro atoms. The summed E-state index contributed by atoms with van der Waals surface area (Å²) in [6, 6.07) is 5.61. The Morgan fingerprint density at radius 2 is 1.95 bits per heavy atom. The van der Waals surface area contributed by atoms with Gasteiger partial charge in [-0.15, -0.1) is 0 Å². The van der Waals surface area contributed by atoms with Gasteiger partial charge in [0.05, 0.1) is 20.3 Å². The zero-order chi connectivity index (χ0) is 15.9. The standard InChI is InChI=1S/C16H24N2O4/c1-21-13-5-11(6-14(7-13)22-2)3-4-16(20)18-9-12-8-17-10-15(12)19/h5-7,12,15,17,19H,3-4,8-10H2,1-2H3,(H,18,20). The largest absolute Gasteiger partial charge is 0.497 e. The van der Waals surface area contributed by atoms with Gasteiger partial charge in [0.15, 0.2) is 0 Å². The van der Waals surface area contributed by atoms with Gasteiger partial charge >= 0.3 is 0 Å². The van der Waals surface area contributed by atoms with Crippen molar-refractivity contribution in [2.24, 2.45) is 5.92 Å². The van der Waals surface area contributed by atoms with E-state index >= 15 is 0 Å². The van der Waals surface area contributed by atoms with Crippen LogP contribution in [0, 0.1) is 5.92 Å². The van der Waals surface area contributed by atoms with E-state index in [9.17, 15) is 9.90 Å². The Morgan fingerprint density at radius 3 is 2.50 bits per heavy atom. The van der Waals surface area contributed by atoms with Gasteiger partial charge in [-0.25, -0.2) is 0 Å². The molecule has 1 saturated heterocycles. The number of hydrogen-bond donors (Lipinski definition) is 3. The monoisotopic (exact) mass is 308 g/mol. The molecule has 6 nitrogen and oxygen atoms in total. The Hall–Kier alpha value is -1.79. The number of rotatable bonds is 7. The van der Waals surface area contributed by atoms with Crippen LogP contribution in [-0.2, 0) is 11.2 Å². The number of nitrogens with one attached hydrogen (secondary N) is 2. The van der Waals surface area contributed by atoms with Crippen LogP contribution in [0.25, 0.3) is 0 Å². The lowest BCUT2D eigenvalue weighted by atomic mass is 10.1. The molecule has 1 aromatic rings. The molecule has 0 aliphatic carbocycles. The van der Waals surface area contributed by atoms with Gasteiger partial charge in [-0.2, -0.15) is 0 Å². The molecule has 1 aliphatic rings. The summed E-state index contributed by atoms with van der Waals surface area (Å²) in [6.45, 7) is 1.85. The molecule has 1 aliphatic heterocycles. The molecule has 0 saturated carbocycles. The molecule has 1 fully saturated rings. The smallest absolute Gasteiger partial charge is 0.220 e. The molecular weight excluding hydrogens is 284 g/mol. The van der Waals surface area contributed by atoms with Gasteiger partial charge in [0.2, 0.25) is 5.91 Å². The van der Waals surface area contributed by atoms with Crippen LogP contribution >= 0.6 is 0 Å². The number of β-amino-alcohol motifs (C(OH)–C–C–N with tert-alkyl or cyclic N) is 1. The maximum Gasteiger partial charge on any atom is 0.220 e. The van der Waals surface area contributed by atoms with Crippen molar-refractivity contribution < 1.29 is 19.4 Å². The van der Waals surface area contributed by atoms with E-state index in [2.05, 4.69) is 10.6 Å². The first-order valence-corrected chi connectivity index (χ1v) is 7.49. The van der Waals surface area contributed by atoms with E-state index in [1.165, 1.54) is 0 Å². The lowest BCUT2D eigenvalue weighted by molar-refractivity contribution is -0.121. The van der Waals surface area contributed by atoms with Crippen LogP contribution in [-0.4, -0.2) is 51.0 Å². The van der Waals surface area contributed by atoms with Crippen LogP contribution in [0.4, 0.5) is 0 Å². The molecule has 2 rings (SSSR count). The van der Waals surface area contributed by atoms with Gasteiger partial charge in [0.25, 0.3) is 0 Å². The van der Waals surface area contributed by atoms with Crippen LogP contribution < -0.4 is 20.1 Å². The molecule has 1 heterocycles. The third-order valence-corrected chi connectivity index (χ3v) is 3.92. The number of ether oxygens (including phenoxy) is 2. The molecule has 2 atom stereocenters. The Morgan fingerprint density at radius 1 is 1.27 bits per heavy atom. The SMILES string of the molecule is COc1cc(CCC(=O)NCC2CNCC2O)cc(OC)c1. The first-order chi connectivity index (χ1) is 10.6. The summed E-state index contributed by atoms with van der Waals surface area (Å²) < 4.78 is 10.4. The fraction of sp³-hybridized carbons (Fsp3) is 0.562. The number of carbonyl (C=O) groups is 1. The van der Waals surface area contributed by atoms with Gasteiger partial charge in [-0.1, -0.05) is 0 Å². The molecule has 3 N–H and O–H groups in total. The summed E-state index contributed by atoms with van der Waals surface area (Å²) in [7, 11) is 3.21. The molecular formula is C16H24N2O4. The highest BCUT2D eigenvalue weighted by atomic mass is 16.5. The van der Waals surface area contributed by atoms with E-state index in [4.69, 9.17) is 9.47 Å². The minimum Gasteiger partial charge on any atom is -0.497 e. The summed E-state index contributed by atoms with van der Waals surface area (Å²) in [5, 5.41) is 15.7. The van der Waals surface area contributed by atoms with E-state index in [1.54, 1.807) is 20.3 Å². The van der Waals surface area contributed by atoms with Gasteiger partial charge < -0.3 is 25.2 Å². The minimum absolute atomic E-state index is 0.0131. The Kier molecular flexibility index (Phi) is 6.03. The second kappa shape index (κ2) is 8.00. The average Bonchev–Trinajstić information content (AvgIpc) is 2.95. The van der Waals surface area contributed by atoms with E-state index in [0.717, 1.165) is 23.6 Å². The van der Waals surface area contributed by atoms with Gasteiger partial charge in [-0.3, -0.25) is 4.79 Å². The van der Waals surface area contributed by atoms with Crippen molar-refractivity contribution in [1.29, 1.82) is 0 Å². The predicted octanol–water partition coefficient (Wildman–Crippen LogP) is 0.333. The Balaban J connectivity index is 1.80. The highest BCUT2D eigenvalue weighted by Crippen LogP contribution is 2.23. The second-order valence-electron chi connectivity index (χ2n) is 5.51. The van der Waals surface area contributed by atoms with E-state index in [1.807, 2.05) is 12.1 Å². The van der Waals surface area contributed by atoms with Crippen molar-refractivity contribution in [3.05, 3.63) is 23.8 Å². The summed E-state index contributed by atoms with van der Waals surface area (Å²) in [6.07, 6.45) is 0.639. The highest BCUT2D eigenvalue weighted by Gasteiger charge is 2.24. The second-order valence-corrected chi connectivity index (χ2v) is 5.51. The number of hydrogen-bond acceptors (Lipinski definition) is 5. The number of methoxy groups -OCH3 is 2. The van der Waals surface area contributed by atoms with E-state index in [0.29, 0.717) is 25.9 Å². The molecule has 1 amide bonds. The van der Waals surface area contributed by atoms with Crippen molar-refractivity contribution in [3.8, 4) is 11.5 Å². The molecule has 0 aromatic heterocycles. The minimum atomic E-state index is -0.372. The maximum atomic E-state index is 11.9. The molecule has 1 aromatic carbocycles. The first-order valence-electron chi connectivity index (χ1n) is 7.49. The molecule has 6 heteroatoms. The van der Waals surface area contributed by atoms with Crippen molar-refractivity contribution in [2.75, 3.05) is 33.9 Å². The summed E-state index contributed by atoms with van der Waals surface area (Å²) in [5.74, 6) is 1.52. The fourth-order valence-electron chi connectivity index (χ4n) is 2.53. The zero-order valence-electron chi connectivity index (χ0n) is 13.1. The quantitative estimate of drug-likeness (QED) is 0.676. The molecule has 0 bridgehead atoms. The molecule has 22 heavy (non-hydrogen) atoms. The Bertz CT molecular complexity index is 485. The molecule has 2 unspecified atom stereocenters. The predicted molar refractivity (Wildman–Crippen MR) is 83.2 cm³/mol. The lowest BCUT2D eigenvalue weighted by Crippen LogP contribution is -2.34. The number of aryl methyl sites for hydroxylation is 1. The zero-order valence-corrected chi connectivity index (χ0v) is 13.1. The van der Waals surface area contributed by atoms with Crippen molar-refractivity contribution >= 4 is 5.91 Å². The van der Waals surface area contributed by atoms with Crippen molar-refractivity contribution in [1.82, 2.24) is 10.6 Å². The fourth-order valence-corrected chi connectivity index (χ4v) is 2.53. The Labute approximate surface area is 130 Å². The van der Waals surface area contributed by atoms with Crippen molar-refractivity contribution in [3.63, 3.8) is 0 Å². The van der Waals surface area contributed by atoms with Crippen LogP contribution in [0.5, 0.6) is 11.5 Å². The van der Waals surface area contributed by atoms with Crippen molar-refractivity contribution in [2.45, 2.75) is 18.9 Å². The number of aliphatic hydroxyl groups is 1. The van der Waals surface area contributed by atoms with Gasteiger partial charge in [-0.05, 0) is 24.1 Å². The summed E-state index contributed by atoms with van der Waals surface area (Å²) in [5.41, 5.74) is 0.994. The third kappa shape index (κ3) is 4.61. The van der Waals surface area contributed by atoms with Crippen LogP contribution in [0.15, 0.2) is 18.2 Å². The van der Waals surface area contributed by atoms with Gasteiger partial charge in [0.1, 0.15) is 11.5 Å². The number of benzene rings is 1. The normalized spacial score (nSPS) is 20.7. The number of carbonyl (C=O) groups excluding carboxylic acids is 1. The maximum absolute atomic E-state index is 11.9. The highest BCUT2D eigenvalue weighted by molar-refractivity contribution is 5.76. The lowest BCUT2D eigenvalue weighted by Gasteiger charge is -2.14. The van der Waals surface area contributed by atoms with Crippen LogP contribution in [0.3, 0.4) is 0 Å². The van der Waals surface area contributed by atoms with E-state index < -0.39 is 0 Å². The number of amides is 1. The van der Waals surface area contributed by atoms with Crippen LogP contribution in [0.1, 0.15) is 12.0 Å².